The third kappa shape index (κ3) is 4.96. The molecule has 1 aliphatic heterocycles. The minimum atomic E-state index is -4.58. The summed E-state index contributed by atoms with van der Waals surface area (Å²) < 4.78 is 32.8. The molecule has 7 nitrogen and oxygen atoms in total. The van der Waals surface area contributed by atoms with Crippen molar-refractivity contribution in [3.05, 3.63) is 0 Å². The van der Waals surface area contributed by atoms with E-state index in [4.69, 9.17) is 9.96 Å². The minimum Gasteiger partial charge on any atom is -0.336 e. The van der Waals surface area contributed by atoms with Crippen LogP contribution >= 0.6 is 0 Å². The van der Waals surface area contributed by atoms with Gasteiger partial charge in [-0.05, 0) is 33.0 Å². The van der Waals surface area contributed by atoms with Gasteiger partial charge in [0, 0.05) is 6.04 Å². The van der Waals surface area contributed by atoms with Crippen molar-refractivity contribution < 1.29 is 17.2 Å². The molecule has 0 atom stereocenters. The van der Waals surface area contributed by atoms with Crippen LogP contribution in [0.4, 0.5) is 0 Å². The Balaban J connectivity index is 2.33. The van der Waals surface area contributed by atoms with E-state index < -0.39 is 16.4 Å². The third-order valence-corrected chi connectivity index (χ3v) is 2.62. The topological polar surface area (TPSA) is 103 Å². The van der Waals surface area contributed by atoms with E-state index in [-0.39, 0.29) is 6.04 Å². The fourth-order valence-corrected chi connectivity index (χ4v) is 1.73. The molecular weight excluding hydrogens is 222 g/mol. The van der Waals surface area contributed by atoms with Crippen molar-refractivity contribution in [2.24, 2.45) is 0 Å². The minimum absolute atomic E-state index is 0.0236. The standard InChI is InChI=1S/C7H15N3O4S/c1-10-4-2-6(3-5-10)9-7(8)14-15(11,12)13/h6H,2-5H2,1H3,(H2,8,9)(H,11,12,13). The molecule has 8 heteroatoms. The summed E-state index contributed by atoms with van der Waals surface area (Å²) in [5.41, 5.74) is 0. The molecule has 88 valence electrons. The van der Waals surface area contributed by atoms with Gasteiger partial charge in [-0.25, -0.2) is 0 Å². The Bertz CT molecular complexity index is 321. The maximum Gasteiger partial charge on any atom is 0.449 e. The zero-order valence-corrected chi connectivity index (χ0v) is 9.25. The second-order valence-electron chi connectivity index (χ2n) is 3.56. The summed E-state index contributed by atoms with van der Waals surface area (Å²) in [6.45, 7) is 1.77. The maximum atomic E-state index is 10.3. The first kappa shape index (κ1) is 12.2. The SMILES string of the molecule is CN1CCC(NC(=N)OS(=O)(=O)O)CC1. The highest BCUT2D eigenvalue weighted by Gasteiger charge is 2.19. The number of nitrogens with zero attached hydrogens (tertiary/aromatic N) is 1. The van der Waals surface area contributed by atoms with Gasteiger partial charge in [-0.1, -0.05) is 0 Å². The summed E-state index contributed by atoms with van der Waals surface area (Å²) in [6.07, 6.45) is 1.63. The van der Waals surface area contributed by atoms with Gasteiger partial charge in [0.1, 0.15) is 0 Å². The van der Waals surface area contributed by atoms with E-state index >= 15 is 0 Å². The second kappa shape index (κ2) is 4.77. The van der Waals surface area contributed by atoms with Crippen LogP contribution < -0.4 is 5.32 Å². The van der Waals surface area contributed by atoms with Gasteiger partial charge in [-0.2, -0.15) is 8.42 Å². The molecule has 1 aliphatic rings. The Morgan fingerprint density at radius 1 is 1.53 bits per heavy atom. The zero-order chi connectivity index (χ0) is 11.5. The van der Waals surface area contributed by atoms with Crippen LogP contribution in [0.5, 0.6) is 0 Å². The van der Waals surface area contributed by atoms with E-state index in [1.54, 1.807) is 0 Å². The van der Waals surface area contributed by atoms with Crippen LogP contribution in [0.2, 0.25) is 0 Å². The van der Waals surface area contributed by atoms with Gasteiger partial charge in [0.15, 0.2) is 0 Å². The normalized spacial score (nSPS) is 19.9. The first-order chi connectivity index (χ1) is 6.87. The third-order valence-electron chi connectivity index (χ3n) is 2.24. The van der Waals surface area contributed by atoms with Crippen LogP contribution in [0.1, 0.15) is 12.8 Å². The average Bonchev–Trinajstić information content (AvgIpc) is 2.05. The Morgan fingerprint density at radius 2 is 2.07 bits per heavy atom. The summed E-state index contributed by atoms with van der Waals surface area (Å²) >= 11 is 0. The molecule has 0 unspecified atom stereocenters. The van der Waals surface area contributed by atoms with Crippen molar-refractivity contribution in [3.63, 3.8) is 0 Å². The van der Waals surface area contributed by atoms with Crippen LogP contribution in [-0.2, 0) is 14.6 Å². The highest BCUT2D eigenvalue weighted by molar-refractivity contribution is 7.81. The molecule has 0 spiro atoms. The lowest BCUT2D eigenvalue weighted by molar-refractivity contribution is 0.242. The molecular formula is C7H15N3O4S. The van der Waals surface area contributed by atoms with Crippen molar-refractivity contribution >= 4 is 16.4 Å². The summed E-state index contributed by atoms with van der Waals surface area (Å²) in [4.78, 5) is 2.14. The summed E-state index contributed by atoms with van der Waals surface area (Å²) in [5.74, 6) is 0. The summed E-state index contributed by atoms with van der Waals surface area (Å²) in [7, 11) is -2.59. The van der Waals surface area contributed by atoms with Gasteiger partial charge < -0.3 is 14.4 Å². The Labute approximate surface area is 88.9 Å². The fourth-order valence-electron chi connectivity index (χ4n) is 1.47. The summed E-state index contributed by atoms with van der Waals surface area (Å²) in [5, 5.41) is 9.74. The number of hydrogen-bond donors (Lipinski definition) is 3. The molecule has 0 aromatic rings. The molecule has 15 heavy (non-hydrogen) atoms. The molecule has 1 saturated heterocycles. The zero-order valence-electron chi connectivity index (χ0n) is 8.43. The molecule has 1 rings (SSSR count). The molecule has 0 aromatic heterocycles. The number of likely N-dealkylation sites (tertiary alicyclic amines) is 1. The first-order valence-corrected chi connectivity index (χ1v) is 5.94. The van der Waals surface area contributed by atoms with Crippen molar-refractivity contribution in [2.45, 2.75) is 18.9 Å². The quantitative estimate of drug-likeness (QED) is 0.337. The number of hydrogen-bond acceptors (Lipinski definition) is 5. The second-order valence-corrected chi connectivity index (χ2v) is 4.58. The van der Waals surface area contributed by atoms with Gasteiger partial charge >= 0.3 is 16.4 Å². The highest BCUT2D eigenvalue weighted by Crippen LogP contribution is 2.08. The monoisotopic (exact) mass is 237 g/mol. The van der Waals surface area contributed by atoms with Gasteiger partial charge in [-0.15, -0.1) is 0 Å². The van der Waals surface area contributed by atoms with Gasteiger partial charge in [0.2, 0.25) is 0 Å². The van der Waals surface area contributed by atoms with Crippen LogP contribution in [0.15, 0.2) is 0 Å². The number of rotatable bonds is 2. The van der Waals surface area contributed by atoms with E-state index in [0.29, 0.717) is 0 Å². The molecule has 0 amide bonds. The van der Waals surface area contributed by atoms with E-state index in [2.05, 4.69) is 14.4 Å². The molecule has 0 saturated carbocycles. The van der Waals surface area contributed by atoms with E-state index in [1.165, 1.54) is 0 Å². The van der Waals surface area contributed by atoms with Crippen molar-refractivity contribution in [1.82, 2.24) is 10.2 Å². The molecule has 3 N–H and O–H groups in total. The lowest BCUT2D eigenvalue weighted by atomic mass is 10.1. The molecule has 0 radical (unpaired) electrons. The van der Waals surface area contributed by atoms with E-state index in [1.807, 2.05) is 7.05 Å². The highest BCUT2D eigenvalue weighted by atomic mass is 32.3. The lowest BCUT2D eigenvalue weighted by Crippen LogP contribution is -2.44. The van der Waals surface area contributed by atoms with Crippen molar-refractivity contribution in [3.8, 4) is 0 Å². The molecule has 0 aromatic carbocycles. The van der Waals surface area contributed by atoms with Crippen molar-refractivity contribution in [2.75, 3.05) is 20.1 Å². The Kier molecular flexibility index (Phi) is 3.89. The fraction of sp³-hybridized carbons (Fsp3) is 0.857. The van der Waals surface area contributed by atoms with Crippen LogP contribution in [0.3, 0.4) is 0 Å². The number of piperidine rings is 1. The van der Waals surface area contributed by atoms with Gasteiger partial charge in [-0.3, -0.25) is 9.96 Å². The van der Waals surface area contributed by atoms with Crippen LogP contribution in [-0.4, -0.2) is 50.1 Å². The number of amidine groups is 1. The van der Waals surface area contributed by atoms with Gasteiger partial charge in [0.05, 0.1) is 0 Å². The number of nitrogens with one attached hydrogen (secondary N) is 2. The largest absolute Gasteiger partial charge is 0.449 e. The first-order valence-electron chi connectivity index (χ1n) is 4.57. The predicted molar refractivity (Wildman–Crippen MR) is 54.0 cm³/mol. The smallest absolute Gasteiger partial charge is 0.336 e. The summed E-state index contributed by atoms with van der Waals surface area (Å²) in [6, 6.07) is -0.609. The van der Waals surface area contributed by atoms with Gasteiger partial charge in [0.25, 0.3) is 0 Å². The molecule has 1 fully saturated rings. The van der Waals surface area contributed by atoms with Crippen LogP contribution in [0.25, 0.3) is 0 Å². The van der Waals surface area contributed by atoms with E-state index in [0.717, 1.165) is 25.9 Å². The Morgan fingerprint density at radius 3 is 2.53 bits per heavy atom. The average molecular weight is 237 g/mol. The lowest BCUT2D eigenvalue weighted by Gasteiger charge is -2.29. The van der Waals surface area contributed by atoms with E-state index in [9.17, 15) is 8.42 Å². The van der Waals surface area contributed by atoms with Crippen molar-refractivity contribution in [1.29, 1.82) is 5.41 Å². The molecule has 1 heterocycles. The molecule has 0 aliphatic carbocycles. The molecule has 0 bridgehead atoms. The Hall–Kier alpha value is -0.860. The predicted octanol–water partition coefficient (Wildman–Crippen LogP) is -0.576. The maximum absolute atomic E-state index is 10.3. The van der Waals surface area contributed by atoms with Crippen LogP contribution in [0, 0.1) is 5.41 Å².